The Balaban J connectivity index is 2.50. The van der Waals surface area contributed by atoms with Crippen molar-refractivity contribution in [2.75, 3.05) is 6.61 Å². The van der Waals surface area contributed by atoms with Gasteiger partial charge in [-0.05, 0) is 6.92 Å². The van der Waals surface area contributed by atoms with Gasteiger partial charge in [0.2, 0.25) is 11.8 Å². The molecule has 1 unspecified atom stereocenters. The minimum atomic E-state index is -0.240. The van der Waals surface area contributed by atoms with Crippen LogP contribution in [0.15, 0.2) is 4.42 Å². The Hall–Kier alpha value is -1.39. The topological polar surface area (TPSA) is 65.2 Å². The second kappa shape index (κ2) is 4.74. The zero-order valence-corrected chi connectivity index (χ0v) is 8.61. The summed E-state index contributed by atoms with van der Waals surface area (Å²) < 4.78 is 10.0. The van der Waals surface area contributed by atoms with Crippen molar-refractivity contribution in [1.29, 1.82) is 0 Å². The molecule has 0 fully saturated rings. The molecule has 0 bridgehead atoms. The number of hydrogen-bond acceptors (Lipinski definition) is 5. The van der Waals surface area contributed by atoms with Gasteiger partial charge in [-0.25, -0.2) is 0 Å². The van der Waals surface area contributed by atoms with Crippen molar-refractivity contribution in [3.63, 3.8) is 0 Å². The fraction of sp³-hybridized carbons (Fsp3) is 0.667. The number of hydrogen-bond donors (Lipinski definition) is 0. The van der Waals surface area contributed by atoms with Crippen LogP contribution < -0.4 is 0 Å². The van der Waals surface area contributed by atoms with Crippen molar-refractivity contribution >= 4 is 5.97 Å². The lowest BCUT2D eigenvalue weighted by Crippen LogP contribution is -2.08. The fourth-order valence-electron chi connectivity index (χ4n) is 1.07. The predicted octanol–water partition coefficient (Wildman–Crippen LogP) is 1.43. The van der Waals surface area contributed by atoms with Gasteiger partial charge in [-0.3, -0.25) is 4.79 Å². The third-order valence-electron chi connectivity index (χ3n) is 1.74. The van der Waals surface area contributed by atoms with Gasteiger partial charge in [-0.15, -0.1) is 10.2 Å². The number of rotatable bonds is 4. The molecule has 1 aromatic heterocycles. The zero-order chi connectivity index (χ0) is 10.6. The van der Waals surface area contributed by atoms with E-state index in [9.17, 15) is 4.79 Å². The van der Waals surface area contributed by atoms with Crippen LogP contribution in [0.25, 0.3) is 0 Å². The minimum Gasteiger partial charge on any atom is -0.466 e. The molecule has 14 heavy (non-hydrogen) atoms. The highest BCUT2D eigenvalue weighted by molar-refractivity contribution is 5.70. The van der Waals surface area contributed by atoms with Gasteiger partial charge in [0.15, 0.2) is 0 Å². The summed E-state index contributed by atoms with van der Waals surface area (Å²) >= 11 is 0. The molecule has 0 aliphatic heterocycles. The van der Waals surface area contributed by atoms with Crippen molar-refractivity contribution in [2.45, 2.75) is 33.1 Å². The number of carbonyl (C=O) groups excluding carboxylic acids is 1. The molecule has 0 radical (unpaired) electrons. The van der Waals surface area contributed by atoms with Crippen molar-refractivity contribution in [3.8, 4) is 0 Å². The molecule has 78 valence electrons. The largest absolute Gasteiger partial charge is 0.466 e. The average Bonchev–Trinajstić information content (AvgIpc) is 2.52. The smallest absolute Gasteiger partial charge is 0.306 e. The molecular weight excluding hydrogens is 184 g/mol. The quantitative estimate of drug-likeness (QED) is 0.685. The Morgan fingerprint density at radius 1 is 1.57 bits per heavy atom. The van der Waals surface area contributed by atoms with Crippen LogP contribution in [0.3, 0.4) is 0 Å². The Morgan fingerprint density at radius 3 is 2.79 bits per heavy atom. The predicted molar refractivity (Wildman–Crippen MR) is 48.7 cm³/mol. The summed E-state index contributed by atoms with van der Waals surface area (Å²) in [5.41, 5.74) is 0. The number of carbonyl (C=O) groups is 1. The van der Waals surface area contributed by atoms with Gasteiger partial charge in [0.25, 0.3) is 0 Å². The maximum atomic E-state index is 11.1. The Labute approximate surface area is 82.5 Å². The van der Waals surface area contributed by atoms with E-state index in [-0.39, 0.29) is 18.3 Å². The first kappa shape index (κ1) is 10.7. The lowest BCUT2D eigenvalue weighted by molar-refractivity contribution is -0.143. The van der Waals surface area contributed by atoms with Crippen molar-refractivity contribution in [2.24, 2.45) is 0 Å². The minimum absolute atomic E-state index is 0.0877. The molecule has 0 saturated heterocycles. The molecule has 0 aromatic carbocycles. The third-order valence-corrected chi connectivity index (χ3v) is 1.74. The molecule has 0 spiro atoms. The summed E-state index contributed by atoms with van der Waals surface area (Å²) in [7, 11) is 0. The second-order valence-corrected chi connectivity index (χ2v) is 3.07. The van der Waals surface area contributed by atoms with E-state index in [0.717, 1.165) is 0 Å². The van der Waals surface area contributed by atoms with Crippen molar-refractivity contribution < 1.29 is 13.9 Å². The molecule has 5 nitrogen and oxygen atoms in total. The summed E-state index contributed by atoms with van der Waals surface area (Å²) in [4.78, 5) is 11.1. The van der Waals surface area contributed by atoms with Crippen LogP contribution in [0.5, 0.6) is 0 Å². The number of esters is 1. The number of aryl methyl sites for hydroxylation is 1. The molecule has 1 atom stereocenters. The summed E-state index contributed by atoms with van der Waals surface area (Å²) in [6, 6.07) is 0. The molecule has 1 heterocycles. The van der Waals surface area contributed by atoms with Crippen LogP contribution in [0.1, 0.15) is 38.0 Å². The van der Waals surface area contributed by atoms with Gasteiger partial charge in [0.05, 0.1) is 13.0 Å². The van der Waals surface area contributed by atoms with E-state index in [1.807, 2.05) is 6.92 Å². The lowest BCUT2D eigenvalue weighted by Gasteiger charge is -2.05. The van der Waals surface area contributed by atoms with Gasteiger partial charge in [-0.2, -0.15) is 0 Å². The first-order valence-electron chi connectivity index (χ1n) is 4.59. The van der Waals surface area contributed by atoms with Crippen LogP contribution in [0.2, 0.25) is 0 Å². The SMILES string of the molecule is CCOC(=O)CC(C)c1nnc(C)o1. The summed E-state index contributed by atoms with van der Waals surface area (Å²) in [5.74, 6) is 0.664. The van der Waals surface area contributed by atoms with E-state index in [2.05, 4.69) is 10.2 Å². The number of nitrogens with zero attached hydrogens (tertiary/aromatic N) is 2. The highest BCUT2D eigenvalue weighted by atomic mass is 16.5. The molecule has 1 aromatic rings. The molecule has 0 aliphatic carbocycles. The monoisotopic (exact) mass is 198 g/mol. The maximum Gasteiger partial charge on any atom is 0.306 e. The number of ether oxygens (including phenoxy) is 1. The molecule has 0 N–H and O–H groups in total. The summed E-state index contributed by atoms with van der Waals surface area (Å²) in [6.07, 6.45) is 0.273. The Bertz CT molecular complexity index is 309. The van der Waals surface area contributed by atoms with Gasteiger partial charge >= 0.3 is 5.97 Å². The van der Waals surface area contributed by atoms with Gasteiger partial charge in [0, 0.05) is 12.8 Å². The van der Waals surface area contributed by atoms with E-state index in [0.29, 0.717) is 18.4 Å². The Kier molecular flexibility index (Phi) is 3.62. The van der Waals surface area contributed by atoms with Gasteiger partial charge < -0.3 is 9.15 Å². The standard InChI is InChI=1S/C9H14N2O3/c1-4-13-8(12)5-6(2)9-11-10-7(3)14-9/h6H,4-5H2,1-3H3. The molecular formula is C9H14N2O3. The average molecular weight is 198 g/mol. The lowest BCUT2D eigenvalue weighted by atomic mass is 10.1. The molecule has 1 rings (SSSR count). The molecule has 0 saturated carbocycles. The maximum absolute atomic E-state index is 11.1. The van der Waals surface area contributed by atoms with E-state index in [4.69, 9.17) is 9.15 Å². The molecule has 0 amide bonds. The zero-order valence-electron chi connectivity index (χ0n) is 8.61. The summed E-state index contributed by atoms with van der Waals surface area (Å²) in [5, 5.41) is 7.53. The molecule has 5 heteroatoms. The van der Waals surface area contributed by atoms with E-state index in [1.54, 1.807) is 13.8 Å². The van der Waals surface area contributed by atoms with E-state index < -0.39 is 0 Å². The summed E-state index contributed by atoms with van der Waals surface area (Å²) in [6.45, 7) is 5.74. The first-order chi connectivity index (χ1) is 6.63. The van der Waals surface area contributed by atoms with E-state index in [1.165, 1.54) is 0 Å². The third kappa shape index (κ3) is 2.83. The normalized spacial score (nSPS) is 12.5. The van der Waals surface area contributed by atoms with Crippen LogP contribution in [-0.2, 0) is 9.53 Å². The first-order valence-corrected chi connectivity index (χ1v) is 4.59. The van der Waals surface area contributed by atoms with Crippen LogP contribution in [0.4, 0.5) is 0 Å². The van der Waals surface area contributed by atoms with Crippen molar-refractivity contribution in [1.82, 2.24) is 10.2 Å². The fourth-order valence-corrected chi connectivity index (χ4v) is 1.07. The Morgan fingerprint density at radius 2 is 2.29 bits per heavy atom. The van der Waals surface area contributed by atoms with Crippen LogP contribution in [0, 0.1) is 6.92 Å². The van der Waals surface area contributed by atoms with Crippen LogP contribution in [-0.4, -0.2) is 22.8 Å². The van der Waals surface area contributed by atoms with E-state index >= 15 is 0 Å². The molecule has 0 aliphatic rings. The highest BCUT2D eigenvalue weighted by Crippen LogP contribution is 2.17. The van der Waals surface area contributed by atoms with Gasteiger partial charge in [-0.1, -0.05) is 6.92 Å². The van der Waals surface area contributed by atoms with Crippen molar-refractivity contribution in [3.05, 3.63) is 11.8 Å². The highest BCUT2D eigenvalue weighted by Gasteiger charge is 2.17. The second-order valence-electron chi connectivity index (χ2n) is 3.07. The van der Waals surface area contributed by atoms with Crippen LogP contribution >= 0.6 is 0 Å². The number of aromatic nitrogens is 2. The van der Waals surface area contributed by atoms with Gasteiger partial charge in [0.1, 0.15) is 0 Å².